The fraction of sp³-hybridized carbons (Fsp3) is 0.500. The smallest absolute Gasteiger partial charge is 0.325 e. The molecule has 6 nitrogen and oxygen atoms in total. The van der Waals surface area contributed by atoms with Crippen molar-refractivity contribution >= 4 is 11.8 Å². The quantitative estimate of drug-likeness (QED) is 0.748. The monoisotopic (exact) mass is 225 g/mol. The Morgan fingerprint density at radius 1 is 1.62 bits per heavy atom. The zero-order valence-corrected chi connectivity index (χ0v) is 9.30. The molecule has 1 aromatic heterocycles. The van der Waals surface area contributed by atoms with Crippen molar-refractivity contribution in [2.75, 3.05) is 11.9 Å². The van der Waals surface area contributed by atoms with Gasteiger partial charge in [-0.2, -0.15) is 0 Å². The minimum Gasteiger partial charge on any atom is -0.480 e. The number of rotatable bonds is 6. The summed E-state index contributed by atoms with van der Waals surface area (Å²) in [4.78, 5) is 18.6. The SMILES string of the molecule is CCOCc1cc(NC(C)C(=O)O)ncn1. The highest BCUT2D eigenvalue weighted by Gasteiger charge is 2.10. The summed E-state index contributed by atoms with van der Waals surface area (Å²) < 4.78 is 5.19. The van der Waals surface area contributed by atoms with Crippen molar-refractivity contribution in [3.05, 3.63) is 18.1 Å². The number of carboxylic acids is 1. The van der Waals surface area contributed by atoms with Gasteiger partial charge in [-0.15, -0.1) is 0 Å². The number of carboxylic acid groups (broad SMARTS) is 1. The normalized spacial score (nSPS) is 12.1. The molecule has 0 radical (unpaired) electrons. The second-order valence-corrected chi connectivity index (χ2v) is 3.24. The number of aromatic nitrogens is 2. The maximum absolute atomic E-state index is 10.6. The van der Waals surface area contributed by atoms with E-state index in [1.54, 1.807) is 13.0 Å². The molecule has 0 aliphatic heterocycles. The van der Waals surface area contributed by atoms with Gasteiger partial charge in [0, 0.05) is 12.7 Å². The average Bonchev–Trinajstić information content (AvgIpc) is 2.26. The van der Waals surface area contributed by atoms with Crippen LogP contribution in [0.25, 0.3) is 0 Å². The zero-order chi connectivity index (χ0) is 12.0. The Kier molecular flexibility index (Phi) is 4.65. The number of aliphatic carboxylic acids is 1. The van der Waals surface area contributed by atoms with Gasteiger partial charge < -0.3 is 15.2 Å². The lowest BCUT2D eigenvalue weighted by Gasteiger charge is -2.10. The molecule has 88 valence electrons. The molecule has 1 unspecified atom stereocenters. The van der Waals surface area contributed by atoms with E-state index in [9.17, 15) is 4.79 Å². The fourth-order valence-corrected chi connectivity index (χ4v) is 1.05. The van der Waals surface area contributed by atoms with Crippen LogP contribution in [0.1, 0.15) is 19.5 Å². The first kappa shape index (κ1) is 12.4. The van der Waals surface area contributed by atoms with Gasteiger partial charge in [-0.05, 0) is 13.8 Å². The minimum absolute atomic E-state index is 0.398. The molecule has 6 heteroatoms. The first-order chi connectivity index (χ1) is 7.63. The molecular formula is C10H15N3O3. The molecule has 2 N–H and O–H groups in total. The summed E-state index contributed by atoms with van der Waals surface area (Å²) in [6, 6.07) is 0.990. The third-order valence-corrected chi connectivity index (χ3v) is 1.91. The molecule has 0 saturated carbocycles. The minimum atomic E-state index is -0.926. The summed E-state index contributed by atoms with van der Waals surface area (Å²) in [5, 5.41) is 11.5. The van der Waals surface area contributed by atoms with Gasteiger partial charge in [-0.3, -0.25) is 4.79 Å². The van der Waals surface area contributed by atoms with Crippen molar-refractivity contribution in [1.82, 2.24) is 9.97 Å². The summed E-state index contributed by atoms with van der Waals surface area (Å²) in [5.41, 5.74) is 0.719. The second-order valence-electron chi connectivity index (χ2n) is 3.24. The van der Waals surface area contributed by atoms with Crippen LogP contribution in [-0.2, 0) is 16.1 Å². The van der Waals surface area contributed by atoms with Crippen LogP contribution in [0.5, 0.6) is 0 Å². The average molecular weight is 225 g/mol. The molecule has 0 spiro atoms. The Labute approximate surface area is 93.7 Å². The van der Waals surface area contributed by atoms with Crippen LogP contribution in [0.15, 0.2) is 12.4 Å². The van der Waals surface area contributed by atoms with E-state index in [1.165, 1.54) is 6.33 Å². The maximum Gasteiger partial charge on any atom is 0.325 e. The first-order valence-electron chi connectivity index (χ1n) is 5.01. The van der Waals surface area contributed by atoms with E-state index in [1.807, 2.05) is 6.92 Å². The Bertz CT molecular complexity index is 357. The molecule has 1 atom stereocenters. The van der Waals surface area contributed by atoms with Crippen molar-refractivity contribution < 1.29 is 14.6 Å². The topological polar surface area (TPSA) is 84.3 Å². The van der Waals surface area contributed by atoms with E-state index in [2.05, 4.69) is 15.3 Å². The molecule has 0 fully saturated rings. The van der Waals surface area contributed by atoms with E-state index >= 15 is 0 Å². The van der Waals surface area contributed by atoms with Crippen LogP contribution in [0, 0.1) is 0 Å². The maximum atomic E-state index is 10.6. The Morgan fingerprint density at radius 2 is 2.38 bits per heavy atom. The van der Waals surface area contributed by atoms with Gasteiger partial charge in [0.15, 0.2) is 0 Å². The van der Waals surface area contributed by atoms with Crippen molar-refractivity contribution in [3.8, 4) is 0 Å². The highest BCUT2D eigenvalue weighted by molar-refractivity contribution is 5.76. The Hall–Kier alpha value is -1.69. The molecule has 0 amide bonds. The van der Waals surface area contributed by atoms with E-state index in [0.717, 1.165) is 5.69 Å². The molecule has 16 heavy (non-hydrogen) atoms. The standard InChI is InChI=1S/C10H15N3O3/c1-3-16-5-8-4-9(12-6-11-8)13-7(2)10(14)15/h4,6-7H,3,5H2,1-2H3,(H,14,15)(H,11,12,13). The molecule has 0 aromatic carbocycles. The Balaban J connectivity index is 2.63. The van der Waals surface area contributed by atoms with Crippen molar-refractivity contribution in [3.63, 3.8) is 0 Å². The molecule has 1 aromatic rings. The van der Waals surface area contributed by atoms with Crippen LogP contribution in [0.2, 0.25) is 0 Å². The van der Waals surface area contributed by atoms with Crippen molar-refractivity contribution in [2.24, 2.45) is 0 Å². The van der Waals surface area contributed by atoms with E-state index in [4.69, 9.17) is 9.84 Å². The van der Waals surface area contributed by atoms with Crippen LogP contribution in [0.3, 0.4) is 0 Å². The van der Waals surface area contributed by atoms with Gasteiger partial charge >= 0.3 is 5.97 Å². The highest BCUT2D eigenvalue weighted by atomic mass is 16.5. The number of ether oxygens (including phenoxy) is 1. The van der Waals surface area contributed by atoms with Gasteiger partial charge in [0.25, 0.3) is 0 Å². The third-order valence-electron chi connectivity index (χ3n) is 1.91. The van der Waals surface area contributed by atoms with Crippen LogP contribution in [-0.4, -0.2) is 33.7 Å². The largest absolute Gasteiger partial charge is 0.480 e. The molecular weight excluding hydrogens is 210 g/mol. The summed E-state index contributed by atoms with van der Waals surface area (Å²) >= 11 is 0. The second kappa shape index (κ2) is 6.02. The van der Waals surface area contributed by atoms with E-state index < -0.39 is 12.0 Å². The number of carbonyl (C=O) groups is 1. The summed E-state index contributed by atoms with van der Waals surface area (Å²) in [6.45, 7) is 4.45. The highest BCUT2D eigenvalue weighted by Crippen LogP contribution is 2.06. The third kappa shape index (κ3) is 3.82. The molecule has 0 bridgehead atoms. The van der Waals surface area contributed by atoms with Crippen LogP contribution < -0.4 is 5.32 Å². The van der Waals surface area contributed by atoms with E-state index in [-0.39, 0.29) is 0 Å². The molecule has 1 heterocycles. The summed E-state index contributed by atoms with van der Waals surface area (Å²) in [7, 11) is 0. The van der Waals surface area contributed by atoms with Gasteiger partial charge in [0.1, 0.15) is 18.2 Å². The van der Waals surface area contributed by atoms with Gasteiger partial charge in [0.05, 0.1) is 12.3 Å². The number of anilines is 1. The number of hydrogen-bond acceptors (Lipinski definition) is 5. The predicted octanol–water partition coefficient (Wildman–Crippen LogP) is 0.898. The van der Waals surface area contributed by atoms with Crippen LogP contribution in [0.4, 0.5) is 5.82 Å². The number of hydrogen-bond donors (Lipinski definition) is 2. The number of nitrogens with zero attached hydrogens (tertiary/aromatic N) is 2. The summed E-state index contributed by atoms with van der Waals surface area (Å²) in [5.74, 6) is -0.440. The fourth-order valence-electron chi connectivity index (χ4n) is 1.05. The van der Waals surface area contributed by atoms with E-state index in [0.29, 0.717) is 19.0 Å². The lowest BCUT2D eigenvalue weighted by molar-refractivity contribution is -0.137. The predicted molar refractivity (Wildman–Crippen MR) is 58.1 cm³/mol. The molecule has 0 saturated heterocycles. The zero-order valence-electron chi connectivity index (χ0n) is 9.30. The Morgan fingerprint density at radius 3 is 3.00 bits per heavy atom. The van der Waals surface area contributed by atoms with Crippen LogP contribution >= 0.6 is 0 Å². The first-order valence-corrected chi connectivity index (χ1v) is 5.01. The summed E-state index contributed by atoms with van der Waals surface area (Å²) in [6.07, 6.45) is 1.38. The number of nitrogens with one attached hydrogen (secondary N) is 1. The van der Waals surface area contributed by atoms with Crippen molar-refractivity contribution in [2.45, 2.75) is 26.5 Å². The molecule has 0 aliphatic carbocycles. The molecule has 0 aliphatic rings. The van der Waals surface area contributed by atoms with Gasteiger partial charge in [0.2, 0.25) is 0 Å². The molecule has 1 rings (SSSR count). The van der Waals surface area contributed by atoms with Gasteiger partial charge in [-0.25, -0.2) is 9.97 Å². The lowest BCUT2D eigenvalue weighted by atomic mass is 10.3. The van der Waals surface area contributed by atoms with Gasteiger partial charge in [-0.1, -0.05) is 0 Å². The lowest BCUT2D eigenvalue weighted by Crippen LogP contribution is -2.26. The van der Waals surface area contributed by atoms with Crippen molar-refractivity contribution in [1.29, 1.82) is 0 Å².